The SMILES string of the molecule is CCC(C)(CC)P(=O)([O-])CC.CCC(C)(CC)P(=O)([O-])CC.[Zn+2]. The van der Waals surface area contributed by atoms with Crippen molar-refractivity contribution in [3.8, 4) is 0 Å². The van der Waals surface area contributed by atoms with Crippen LogP contribution < -0.4 is 9.79 Å². The third kappa shape index (κ3) is 7.41. The third-order valence-electron chi connectivity index (χ3n) is 5.52. The van der Waals surface area contributed by atoms with Crippen molar-refractivity contribution in [1.29, 1.82) is 0 Å². The van der Waals surface area contributed by atoms with Crippen molar-refractivity contribution in [2.45, 2.75) is 91.4 Å². The average molecular weight is 420 g/mol. The molecule has 0 aliphatic rings. The smallest absolute Gasteiger partial charge is 0.799 e. The second kappa shape index (κ2) is 11.6. The maximum atomic E-state index is 11.5. The summed E-state index contributed by atoms with van der Waals surface area (Å²) in [4.78, 5) is 23.0. The van der Waals surface area contributed by atoms with Crippen LogP contribution in [0.5, 0.6) is 0 Å². The first-order chi connectivity index (χ1) is 9.86. The maximum absolute atomic E-state index is 11.5. The Balaban J connectivity index is -0.000000333. The van der Waals surface area contributed by atoms with E-state index in [1.165, 1.54) is 0 Å². The Morgan fingerprint density at radius 1 is 0.652 bits per heavy atom. The van der Waals surface area contributed by atoms with Crippen molar-refractivity contribution >= 4 is 14.7 Å². The Bertz CT molecular complexity index is 367. The standard InChI is InChI=1S/2C8H19O2P.Zn/c2*1-5-8(4,6-2)11(9,10)7-3;/h2*5-7H2,1-4H3,(H,9,10);/q;;+2/p-2. The van der Waals surface area contributed by atoms with Crippen LogP contribution in [0.15, 0.2) is 0 Å². The summed E-state index contributed by atoms with van der Waals surface area (Å²) in [6.07, 6.45) is 3.45. The molecule has 136 valence electrons. The molecule has 0 heterocycles. The number of rotatable bonds is 8. The Morgan fingerprint density at radius 2 is 0.826 bits per heavy atom. The van der Waals surface area contributed by atoms with Gasteiger partial charge in [0.1, 0.15) is 0 Å². The second-order valence-corrected chi connectivity index (χ2v) is 12.5. The van der Waals surface area contributed by atoms with Gasteiger partial charge in [0.15, 0.2) is 0 Å². The molecule has 0 bridgehead atoms. The Hall–Kier alpha value is 1.00. The van der Waals surface area contributed by atoms with Crippen LogP contribution in [0.25, 0.3) is 0 Å². The minimum absolute atomic E-state index is 0. The summed E-state index contributed by atoms with van der Waals surface area (Å²) in [6.45, 7) is 14.9. The zero-order chi connectivity index (χ0) is 18.2. The predicted octanol–water partition coefficient (Wildman–Crippen LogP) is 4.44. The van der Waals surface area contributed by atoms with Crippen LogP contribution in [-0.4, -0.2) is 22.6 Å². The van der Waals surface area contributed by atoms with Gasteiger partial charge in [-0.1, -0.05) is 55.4 Å². The van der Waals surface area contributed by atoms with Gasteiger partial charge in [-0.3, -0.25) is 0 Å². The van der Waals surface area contributed by atoms with E-state index in [1.807, 2.05) is 41.5 Å². The van der Waals surface area contributed by atoms with Crippen molar-refractivity contribution in [2.24, 2.45) is 0 Å². The van der Waals surface area contributed by atoms with Crippen LogP contribution >= 0.6 is 14.7 Å². The molecule has 0 aromatic carbocycles. The average Bonchev–Trinajstić information content (AvgIpc) is 2.53. The first-order valence-corrected chi connectivity index (χ1v) is 12.1. The van der Waals surface area contributed by atoms with Gasteiger partial charge in [0.25, 0.3) is 0 Å². The molecular weight excluding hydrogens is 384 g/mol. The molecule has 4 nitrogen and oxygen atoms in total. The van der Waals surface area contributed by atoms with E-state index in [2.05, 4.69) is 0 Å². The van der Waals surface area contributed by atoms with E-state index < -0.39 is 25.0 Å². The number of hydrogen-bond donors (Lipinski definition) is 0. The molecule has 0 saturated carbocycles. The van der Waals surface area contributed by atoms with E-state index in [4.69, 9.17) is 0 Å². The monoisotopic (exact) mass is 418 g/mol. The molecule has 0 N–H and O–H groups in total. The fourth-order valence-corrected chi connectivity index (χ4v) is 5.68. The third-order valence-corrected chi connectivity index (χ3v) is 11.7. The normalized spacial score (nSPS) is 17.1. The van der Waals surface area contributed by atoms with Gasteiger partial charge in [-0.2, -0.15) is 0 Å². The molecule has 0 saturated heterocycles. The number of hydrogen-bond acceptors (Lipinski definition) is 4. The molecule has 0 spiro atoms. The summed E-state index contributed by atoms with van der Waals surface area (Å²) < 4.78 is 23.0. The molecule has 0 aromatic rings. The molecule has 0 amide bonds. The zero-order valence-corrected chi connectivity index (χ0v) is 21.2. The Kier molecular flexibility index (Phi) is 14.5. The van der Waals surface area contributed by atoms with Crippen molar-refractivity contribution in [2.75, 3.05) is 12.3 Å². The summed E-state index contributed by atoms with van der Waals surface area (Å²) in [5.41, 5.74) is 0. The van der Waals surface area contributed by atoms with E-state index in [1.54, 1.807) is 13.8 Å². The molecule has 0 aliphatic carbocycles. The van der Waals surface area contributed by atoms with Gasteiger partial charge in [0, 0.05) is 25.0 Å². The summed E-state index contributed by atoms with van der Waals surface area (Å²) in [5.74, 6) is 0. The van der Waals surface area contributed by atoms with E-state index >= 15 is 0 Å². The van der Waals surface area contributed by atoms with Crippen LogP contribution in [-0.2, 0) is 28.6 Å². The van der Waals surface area contributed by atoms with Crippen molar-refractivity contribution in [3.05, 3.63) is 0 Å². The van der Waals surface area contributed by atoms with Crippen molar-refractivity contribution in [1.82, 2.24) is 0 Å². The van der Waals surface area contributed by atoms with Gasteiger partial charge in [-0.25, -0.2) is 0 Å². The molecule has 0 aromatic heterocycles. The van der Waals surface area contributed by atoms with Crippen LogP contribution in [0.4, 0.5) is 0 Å². The van der Waals surface area contributed by atoms with Gasteiger partial charge in [0.2, 0.25) is 0 Å². The Labute approximate surface area is 156 Å². The molecule has 0 fully saturated rings. The predicted molar refractivity (Wildman–Crippen MR) is 94.3 cm³/mol. The molecule has 23 heavy (non-hydrogen) atoms. The van der Waals surface area contributed by atoms with E-state index in [0.29, 0.717) is 0 Å². The maximum Gasteiger partial charge on any atom is 2.00 e. The molecule has 0 aliphatic heterocycles. The van der Waals surface area contributed by atoms with E-state index in [9.17, 15) is 18.9 Å². The Morgan fingerprint density at radius 3 is 0.870 bits per heavy atom. The van der Waals surface area contributed by atoms with Crippen LogP contribution in [0.2, 0.25) is 0 Å². The fraction of sp³-hybridized carbons (Fsp3) is 1.00. The van der Waals surface area contributed by atoms with Crippen molar-refractivity contribution < 1.29 is 38.4 Å². The molecule has 2 atom stereocenters. The largest absolute Gasteiger partial charge is 2.00 e. The molecule has 0 radical (unpaired) electrons. The van der Waals surface area contributed by atoms with Gasteiger partial charge in [-0.05, 0) is 38.0 Å². The van der Waals surface area contributed by atoms with Gasteiger partial charge in [0.05, 0.1) is 0 Å². The van der Waals surface area contributed by atoms with Crippen molar-refractivity contribution in [3.63, 3.8) is 0 Å². The zero-order valence-electron chi connectivity index (χ0n) is 16.5. The summed E-state index contributed by atoms with van der Waals surface area (Å²) in [7, 11) is -6.29. The van der Waals surface area contributed by atoms with Crippen LogP contribution in [0.1, 0.15) is 81.1 Å². The topological polar surface area (TPSA) is 80.3 Å². The van der Waals surface area contributed by atoms with Gasteiger partial charge in [-0.15, -0.1) is 0 Å². The molecule has 2 unspecified atom stereocenters. The van der Waals surface area contributed by atoms with E-state index in [-0.39, 0.29) is 31.8 Å². The molecular formula is C16H36O4P2Zn. The summed E-state index contributed by atoms with van der Waals surface area (Å²) in [5, 5.41) is -0.941. The van der Waals surface area contributed by atoms with Crippen LogP contribution in [0, 0.1) is 0 Å². The summed E-state index contributed by atoms with van der Waals surface area (Å²) in [6, 6.07) is 0. The van der Waals surface area contributed by atoms with E-state index in [0.717, 1.165) is 25.7 Å². The van der Waals surface area contributed by atoms with Gasteiger partial charge >= 0.3 is 19.5 Å². The quantitative estimate of drug-likeness (QED) is 0.430. The minimum atomic E-state index is -3.15. The fourth-order valence-electron chi connectivity index (χ4n) is 2.23. The molecule has 0 rings (SSSR count). The minimum Gasteiger partial charge on any atom is -0.799 e. The van der Waals surface area contributed by atoms with Crippen LogP contribution in [0.3, 0.4) is 0 Å². The summed E-state index contributed by atoms with van der Waals surface area (Å²) >= 11 is 0. The molecule has 7 heteroatoms. The first kappa shape index (κ1) is 28.8. The first-order valence-electron chi connectivity index (χ1n) is 8.47. The van der Waals surface area contributed by atoms with Gasteiger partial charge < -0.3 is 18.9 Å². The second-order valence-electron chi connectivity index (χ2n) is 6.39.